The van der Waals surface area contributed by atoms with Gasteiger partial charge in [0.05, 0.1) is 0 Å². The van der Waals surface area contributed by atoms with E-state index >= 15 is 0 Å². The van der Waals surface area contributed by atoms with Crippen molar-refractivity contribution in [3.8, 4) is 0 Å². The standard InChI is InChI=1S/C15H23BrFN/c1-4-6-11(3)15(18-5-2)10-12-9-13(17)7-8-14(12)16/h7-9,11,15,18H,4-6,10H2,1-3H3. The van der Waals surface area contributed by atoms with Gasteiger partial charge in [-0.1, -0.05) is 43.1 Å². The summed E-state index contributed by atoms with van der Waals surface area (Å²) in [6, 6.07) is 5.32. The zero-order valence-corrected chi connectivity index (χ0v) is 13.1. The van der Waals surface area contributed by atoms with Gasteiger partial charge in [-0.3, -0.25) is 0 Å². The number of halogens is 2. The van der Waals surface area contributed by atoms with Crippen LogP contribution in [0.25, 0.3) is 0 Å². The number of likely N-dealkylation sites (N-methyl/N-ethyl adjacent to an activating group) is 1. The monoisotopic (exact) mass is 315 g/mol. The second-order valence-electron chi connectivity index (χ2n) is 4.87. The summed E-state index contributed by atoms with van der Waals surface area (Å²) >= 11 is 3.50. The van der Waals surface area contributed by atoms with Gasteiger partial charge in [0.1, 0.15) is 5.82 Å². The zero-order valence-electron chi connectivity index (χ0n) is 11.5. The van der Waals surface area contributed by atoms with Gasteiger partial charge < -0.3 is 5.32 Å². The van der Waals surface area contributed by atoms with E-state index in [9.17, 15) is 4.39 Å². The van der Waals surface area contributed by atoms with Crippen molar-refractivity contribution in [1.82, 2.24) is 5.32 Å². The largest absolute Gasteiger partial charge is 0.314 e. The maximum atomic E-state index is 13.3. The molecule has 0 fully saturated rings. The highest BCUT2D eigenvalue weighted by Crippen LogP contribution is 2.22. The topological polar surface area (TPSA) is 12.0 Å². The Balaban J connectivity index is 2.78. The van der Waals surface area contributed by atoms with Crippen LogP contribution in [0.1, 0.15) is 39.2 Å². The van der Waals surface area contributed by atoms with Gasteiger partial charge in [0.25, 0.3) is 0 Å². The predicted molar refractivity (Wildman–Crippen MR) is 79.3 cm³/mol. The molecule has 0 radical (unpaired) electrons. The number of hydrogen-bond acceptors (Lipinski definition) is 1. The summed E-state index contributed by atoms with van der Waals surface area (Å²) in [6.45, 7) is 7.54. The van der Waals surface area contributed by atoms with Crippen molar-refractivity contribution in [2.75, 3.05) is 6.54 Å². The Kier molecular flexibility index (Phi) is 6.87. The molecule has 1 rings (SSSR count). The maximum absolute atomic E-state index is 13.3. The van der Waals surface area contributed by atoms with Gasteiger partial charge in [-0.15, -0.1) is 0 Å². The molecule has 102 valence electrons. The molecule has 0 bridgehead atoms. The lowest BCUT2D eigenvalue weighted by Gasteiger charge is -2.25. The van der Waals surface area contributed by atoms with Crippen LogP contribution in [0.2, 0.25) is 0 Å². The fourth-order valence-electron chi connectivity index (χ4n) is 2.33. The smallest absolute Gasteiger partial charge is 0.123 e. The maximum Gasteiger partial charge on any atom is 0.123 e. The molecular formula is C15H23BrFN. The van der Waals surface area contributed by atoms with Crippen molar-refractivity contribution in [3.05, 3.63) is 34.1 Å². The first-order chi connectivity index (χ1) is 8.58. The van der Waals surface area contributed by atoms with E-state index in [1.54, 1.807) is 12.1 Å². The number of rotatable bonds is 7. The van der Waals surface area contributed by atoms with Crippen molar-refractivity contribution in [2.45, 2.75) is 46.1 Å². The normalized spacial score (nSPS) is 14.5. The third-order valence-corrected chi connectivity index (χ3v) is 4.12. The second kappa shape index (κ2) is 7.90. The summed E-state index contributed by atoms with van der Waals surface area (Å²) in [6.07, 6.45) is 3.26. The molecule has 1 aromatic rings. The van der Waals surface area contributed by atoms with E-state index in [4.69, 9.17) is 0 Å². The molecule has 2 atom stereocenters. The first-order valence-electron chi connectivity index (χ1n) is 6.75. The summed E-state index contributed by atoms with van der Waals surface area (Å²) in [5.41, 5.74) is 1.05. The third-order valence-electron chi connectivity index (χ3n) is 3.34. The molecule has 2 unspecified atom stereocenters. The van der Waals surface area contributed by atoms with Crippen LogP contribution in [0.3, 0.4) is 0 Å². The lowest BCUT2D eigenvalue weighted by Crippen LogP contribution is -2.36. The third kappa shape index (κ3) is 4.69. The van der Waals surface area contributed by atoms with Gasteiger partial charge >= 0.3 is 0 Å². The summed E-state index contributed by atoms with van der Waals surface area (Å²) in [5, 5.41) is 3.52. The lowest BCUT2D eigenvalue weighted by molar-refractivity contribution is 0.357. The highest BCUT2D eigenvalue weighted by molar-refractivity contribution is 9.10. The Morgan fingerprint density at radius 2 is 2.06 bits per heavy atom. The van der Waals surface area contributed by atoms with Gasteiger partial charge in [-0.2, -0.15) is 0 Å². The van der Waals surface area contributed by atoms with Gasteiger partial charge in [0.15, 0.2) is 0 Å². The van der Waals surface area contributed by atoms with Gasteiger partial charge in [-0.05, 0) is 49.1 Å². The summed E-state index contributed by atoms with van der Waals surface area (Å²) in [4.78, 5) is 0. The minimum Gasteiger partial charge on any atom is -0.314 e. The van der Waals surface area contributed by atoms with Crippen molar-refractivity contribution < 1.29 is 4.39 Å². The molecule has 0 amide bonds. The predicted octanol–water partition coefficient (Wildman–Crippen LogP) is 4.55. The Morgan fingerprint density at radius 3 is 2.67 bits per heavy atom. The van der Waals surface area contributed by atoms with Crippen LogP contribution >= 0.6 is 15.9 Å². The minimum absolute atomic E-state index is 0.161. The van der Waals surface area contributed by atoms with Crippen LogP contribution < -0.4 is 5.32 Å². The van der Waals surface area contributed by atoms with E-state index in [0.717, 1.165) is 23.0 Å². The number of benzene rings is 1. The van der Waals surface area contributed by atoms with E-state index < -0.39 is 0 Å². The van der Waals surface area contributed by atoms with Crippen LogP contribution in [-0.4, -0.2) is 12.6 Å². The molecule has 0 heterocycles. The van der Waals surface area contributed by atoms with Crippen molar-refractivity contribution in [2.24, 2.45) is 5.92 Å². The molecule has 1 N–H and O–H groups in total. The Morgan fingerprint density at radius 1 is 1.33 bits per heavy atom. The van der Waals surface area contributed by atoms with Crippen LogP contribution in [0.4, 0.5) is 4.39 Å². The van der Waals surface area contributed by atoms with Crippen LogP contribution in [0.15, 0.2) is 22.7 Å². The van der Waals surface area contributed by atoms with Gasteiger partial charge in [0, 0.05) is 10.5 Å². The first kappa shape index (κ1) is 15.6. The highest BCUT2D eigenvalue weighted by Gasteiger charge is 2.17. The summed E-state index contributed by atoms with van der Waals surface area (Å²) in [5.74, 6) is 0.441. The molecule has 3 heteroatoms. The molecule has 1 nitrogen and oxygen atoms in total. The number of nitrogens with one attached hydrogen (secondary N) is 1. The fourth-order valence-corrected chi connectivity index (χ4v) is 2.74. The van der Waals surface area contributed by atoms with E-state index in [2.05, 4.69) is 42.0 Å². The summed E-state index contributed by atoms with van der Waals surface area (Å²) < 4.78 is 14.3. The lowest BCUT2D eigenvalue weighted by atomic mass is 9.91. The van der Waals surface area contributed by atoms with Crippen LogP contribution in [0, 0.1) is 11.7 Å². The van der Waals surface area contributed by atoms with Crippen LogP contribution in [0.5, 0.6) is 0 Å². The molecule has 18 heavy (non-hydrogen) atoms. The zero-order chi connectivity index (χ0) is 13.5. The Bertz CT molecular complexity index is 368. The van der Waals surface area contributed by atoms with E-state index in [1.807, 2.05) is 0 Å². The molecule has 0 aliphatic carbocycles. The second-order valence-corrected chi connectivity index (χ2v) is 5.72. The molecule has 0 aliphatic rings. The Hall–Kier alpha value is -0.410. The van der Waals surface area contributed by atoms with Gasteiger partial charge in [-0.25, -0.2) is 4.39 Å². The van der Waals surface area contributed by atoms with Crippen molar-refractivity contribution in [3.63, 3.8) is 0 Å². The molecule has 0 saturated carbocycles. The van der Waals surface area contributed by atoms with Crippen molar-refractivity contribution in [1.29, 1.82) is 0 Å². The molecule has 1 aromatic carbocycles. The first-order valence-corrected chi connectivity index (χ1v) is 7.55. The van der Waals surface area contributed by atoms with E-state index in [-0.39, 0.29) is 5.82 Å². The van der Waals surface area contributed by atoms with Crippen LogP contribution in [-0.2, 0) is 6.42 Å². The fraction of sp³-hybridized carbons (Fsp3) is 0.600. The van der Waals surface area contributed by atoms with E-state index in [1.165, 1.54) is 18.9 Å². The molecular weight excluding hydrogens is 293 g/mol. The average molecular weight is 316 g/mol. The van der Waals surface area contributed by atoms with Crippen molar-refractivity contribution >= 4 is 15.9 Å². The minimum atomic E-state index is -0.161. The average Bonchev–Trinajstić information content (AvgIpc) is 2.33. The molecule has 0 aliphatic heterocycles. The SMILES string of the molecule is CCCC(C)C(Cc1cc(F)ccc1Br)NCC. The molecule has 0 saturated heterocycles. The number of hydrogen-bond donors (Lipinski definition) is 1. The molecule has 0 spiro atoms. The molecule has 0 aromatic heterocycles. The highest BCUT2D eigenvalue weighted by atomic mass is 79.9. The Labute approximate surface area is 118 Å². The summed E-state index contributed by atoms with van der Waals surface area (Å²) in [7, 11) is 0. The quantitative estimate of drug-likeness (QED) is 0.778. The van der Waals surface area contributed by atoms with E-state index in [0.29, 0.717) is 12.0 Å². The van der Waals surface area contributed by atoms with Gasteiger partial charge in [0.2, 0.25) is 0 Å².